The van der Waals surface area contributed by atoms with Crippen LogP contribution in [0, 0.1) is 58.9 Å². The number of aromatic nitrogens is 18. The second kappa shape index (κ2) is 49.6. The molecule has 0 fully saturated rings. The SMILES string of the molecule is [C-]#[N+]c1ccc2c(c1)c(CCC)nn2-c1nc(Cl)ncc1Cl.[C-]#[N+]c1ccc2c(c1)c(CCC)nn2-c1nc(Nc2cc(N)c(N(C)CCN(C)C)cc2OC)ncc1Cl.[C-]#[N+]c1ccc2c(c1)c(CCC)nn2-c1nc(Nc2cc([N+](=O)[O-])c(F)cc2OC)ncc1Cl.[C-]#[N+]c1ccc2c(c1)c(CCC)nn2-c1nc(Nc2cc([N+](=O)[O-])c(N(C)CCN(C)C)cc2OC)ncc1Cl.[C-]#[N+]c1ccc2n[nH]c(CCC)c2c1. The third-order valence-electron chi connectivity index (χ3n) is 23.0. The lowest BCUT2D eigenvalue weighted by Gasteiger charge is -2.24. The molecule has 0 aliphatic heterocycles. The maximum absolute atomic E-state index is 14.0. The Morgan fingerprint density at radius 3 is 1.07 bits per heavy atom. The van der Waals surface area contributed by atoms with E-state index >= 15 is 0 Å². The van der Waals surface area contributed by atoms with Crippen molar-refractivity contribution < 1.29 is 28.4 Å². The van der Waals surface area contributed by atoms with E-state index in [1.54, 1.807) is 81.4 Å². The fraction of sp³-hybridized carbons (Fsp3) is 0.275. The zero-order valence-electron chi connectivity index (χ0n) is 83.1. The number of hydrogen-bond acceptors (Lipinski definition) is 28. The normalized spacial score (nSPS) is 10.9. The van der Waals surface area contributed by atoms with Gasteiger partial charge < -0.3 is 55.5 Å². The lowest BCUT2D eigenvalue weighted by Crippen LogP contribution is -2.29. The number of nitro groups is 2. The molecule has 6 N–H and O–H groups in total. The molecule has 9 aromatic heterocycles. The minimum absolute atomic E-state index is 0.0321. The van der Waals surface area contributed by atoms with E-state index in [0.29, 0.717) is 115 Å². The number of H-pyrrole nitrogens is 1. The van der Waals surface area contributed by atoms with Gasteiger partial charge in [0.15, 0.2) is 51.7 Å². The Balaban J connectivity index is 0.000000160. The zero-order valence-corrected chi connectivity index (χ0v) is 86.8. The highest BCUT2D eigenvalue weighted by Gasteiger charge is 2.28. The molecule has 17 rings (SSSR count). The van der Waals surface area contributed by atoms with Crippen molar-refractivity contribution in [1.29, 1.82) is 0 Å². The van der Waals surface area contributed by atoms with E-state index in [9.17, 15) is 24.6 Å². The van der Waals surface area contributed by atoms with E-state index in [4.69, 9.17) is 121 Å². The van der Waals surface area contributed by atoms with Crippen LogP contribution in [0.4, 0.5) is 96.2 Å². The Labute approximate surface area is 875 Å². The van der Waals surface area contributed by atoms with Gasteiger partial charge in [0.25, 0.3) is 5.69 Å². The summed E-state index contributed by atoms with van der Waals surface area (Å²) >= 11 is 31.5. The summed E-state index contributed by atoms with van der Waals surface area (Å²) in [7, 11) is 16.2. The number of rotatable bonds is 33. The van der Waals surface area contributed by atoms with Crippen molar-refractivity contribution in [3.8, 4) is 40.5 Å². The molecule has 9 heterocycles. The quantitative estimate of drug-likeness (QED) is 0.00838. The van der Waals surface area contributed by atoms with Gasteiger partial charge in [0.05, 0.1) is 168 Å². The van der Waals surface area contributed by atoms with E-state index in [1.165, 1.54) is 45.1 Å². The number of benzene rings is 8. The van der Waals surface area contributed by atoms with Gasteiger partial charge in [-0.05, 0) is 139 Å². The number of nitrogens with one attached hydrogen (secondary N) is 4. The second-order valence-electron chi connectivity index (χ2n) is 33.9. The molecule has 46 heteroatoms. The predicted molar refractivity (Wildman–Crippen MR) is 579 cm³/mol. The van der Waals surface area contributed by atoms with Crippen LogP contribution in [0.2, 0.25) is 25.4 Å². The zero-order chi connectivity index (χ0) is 106. The van der Waals surface area contributed by atoms with Gasteiger partial charge in [0.1, 0.15) is 43.0 Å². The van der Waals surface area contributed by atoms with Crippen LogP contribution in [0.5, 0.6) is 17.2 Å². The highest BCUT2D eigenvalue weighted by atomic mass is 35.5. The first-order chi connectivity index (χ1) is 71.2. The van der Waals surface area contributed by atoms with Crippen molar-refractivity contribution in [2.24, 2.45) is 0 Å². The Bertz CT molecular complexity index is 8030. The van der Waals surface area contributed by atoms with Crippen molar-refractivity contribution in [2.75, 3.05) is 121 Å². The fourth-order valence-corrected chi connectivity index (χ4v) is 16.6. The van der Waals surface area contributed by atoms with Gasteiger partial charge >= 0.3 is 5.69 Å². The first kappa shape index (κ1) is 108. The van der Waals surface area contributed by atoms with Gasteiger partial charge in [-0.1, -0.05) is 143 Å². The number of nitrogen functional groups attached to an aromatic ring is 1. The van der Waals surface area contributed by atoms with E-state index in [1.807, 2.05) is 113 Å². The summed E-state index contributed by atoms with van der Waals surface area (Å²) in [5.74, 6) is 1.95. The number of anilines is 9. The fourth-order valence-electron chi connectivity index (χ4n) is 15.7. The summed E-state index contributed by atoms with van der Waals surface area (Å²) in [6.45, 7) is 49.5. The summed E-state index contributed by atoms with van der Waals surface area (Å²) in [6, 6.07) is 35.7. The number of likely N-dealkylation sites (N-methyl/N-ethyl adjacent to an activating group) is 4. The van der Waals surface area contributed by atoms with Gasteiger partial charge in [-0.15, -0.1) is 0 Å². The van der Waals surface area contributed by atoms with Gasteiger partial charge in [0, 0.05) is 103 Å². The van der Waals surface area contributed by atoms with Gasteiger partial charge in [-0.2, -0.15) is 49.8 Å². The molecule has 8 aromatic carbocycles. The maximum atomic E-state index is 14.0. The molecular formula is C102H101Cl5FN33O7. The lowest BCUT2D eigenvalue weighted by atomic mass is 10.1. The summed E-state index contributed by atoms with van der Waals surface area (Å²) in [6.07, 6.45) is 14.4. The van der Waals surface area contributed by atoms with Crippen LogP contribution in [-0.4, -0.2) is 199 Å². The van der Waals surface area contributed by atoms with Gasteiger partial charge in [0.2, 0.25) is 28.9 Å². The smallest absolute Gasteiger partial charge is 0.307 e. The highest BCUT2D eigenvalue weighted by molar-refractivity contribution is 6.33. The number of nitrogens with zero attached hydrogens (tertiary/aromatic N) is 28. The number of ether oxygens (including phenoxy) is 3. The van der Waals surface area contributed by atoms with Crippen LogP contribution >= 0.6 is 58.0 Å². The number of nitrogens with two attached hydrogens (primary N) is 1. The molecule has 0 unspecified atom stereocenters. The largest absolute Gasteiger partial charge is 0.494 e. The van der Waals surface area contributed by atoms with Gasteiger partial charge in [-0.25, -0.2) is 62.9 Å². The summed E-state index contributed by atoms with van der Waals surface area (Å²) in [4.78, 5) is 82.0. The molecule has 40 nitrogen and oxygen atoms in total. The Morgan fingerprint density at radius 2 is 0.730 bits per heavy atom. The molecule has 0 aliphatic carbocycles. The number of halogens is 6. The van der Waals surface area contributed by atoms with Crippen LogP contribution in [0.15, 0.2) is 152 Å². The molecule has 0 spiro atoms. The lowest BCUT2D eigenvalue weighted by molar-refractivity contribution is -0.387. The summed E-state index contributed by atoms with van der Waals surface area (Å²) in [5, 5.41) is 64.2. The van der Waals surface area contributed by atoms with Crippen LogP contribution in [-0.2, 0) is 32.1 Å². The topological polar surface area (TPSA) is 414 Å². The molecule has 17 aromatic rings. The Hall–Kier alpha value is -16.8. The third kappa shape index (κ3) is 25.2. The second-order valence-corrected chi connectivity index (χ2v) is 35.8. The average Bonchev–Trinajstić information content (AvgIpc) is 1.61. The molecule has 0 aliphatic rings. The summed E-state index contributed by atoms with van der Waals surface area (Å²) < 4.78 is 36.9. The molecule has 758 valence electrons. The van der Waals surface area contributed by atoms with Gasteiger partial charge in [-0.3, -0.25) is 25.3 Å². The Morgan fingerprint density at radius 1 is 0.412 bits per heavy atom. The number of aryl methyl sites for hydroxylation is 5. The average molecular weight is 2100 g/mol. The molecule has 0 saturated carbocycles. The minimum Gasteiger partial charge on any atom is -0.494 e. The highest BCUT2D eigenvalue weighted by Crippen LogP contribution is 2.43. The summed E-state index contributed by atoms with van der Waals surface area (Å²) in [5.41, 5.74) is 20.0. The van der Waals surface area contributed by atoms with Crippen molar-refractivity contribution in [2.45, 2.75) is 98.8 Å². The standard InChI is InChI=1S/C27H30ClN9O3.C27H32ClN9O.C22H17ClFN7O3.C15H11Cl2N5.C11H11N3/c1-7-8-20-18-13-17(29-2)9-10-22(18)36(33-20)26-19(28)16-30-27(32-26)31-21-14-24(37(38)39)23(15-25(21)40-6)35(5)12-11-34(3)4;1-7-8-21-18-13-17(30-2)9-10-23(18)37(34-21)26-19(28)16-31-27(33-26)32-22-14-20(29)24(15-25(22)38-6)36(5)12-11-35(3)4;1-4-5-16-13-8-12(25-2)6-7-18(13)30(29-16)21-14(23)11-26-22(28-21)27-17-10-19(31(32)33)15(24)9-20(17)34-3;1-3-4-12-10-7-9(18-2)5-6-13(10)22(21-12)14-11(16)8-19-15(17)20-14;1-3-4-10-9-7-8(12-2)5-6-11(9)14-13-10/h9-10,13-16H,7-8,11-12H2,1,3-6H3,(H,30,31,32);9-10,13-16H,7-8,11-12,29H2,1,3-6H3,(H,31,32,33);6-11H,4-5H2,1,3H3,(H,26,27,28);5-8H,3-4H2,1H3;5-7H,3-4H2,1H3,(H,13,14). The first-order valence-corrected chi connectivity index (χ1v) is 48.2. The third-order valence-corrected chi connectivity index (χ3v) is 24.2. The monoisotopic (exact) mass is 2090 g/mol. The van der Waals surface area contributed by atoms with Crippen molar-refractivity contribution in [3.05, 3.63) is 289 Å². The van der Waals surface area contributed by atoms with E-state index in [-0.39, 0.29) is 50.2 Å². The number of methoxy groups -OCH3 is 3. The van der Waals surface area contributed by atoms with E-state index in [2.05, 4.69) is 138 Å². The van der Waals surface area contributed by atoms with Crippen molar-refractivity contribution >= 4 is 204 Å². The molecule has 0 bridgehead atoms. The number of nitro benzene ring substituents is 2. The Kier molecular flexibility index (Phi) is 36.4. The van der Waals surface area contributed by atoms with Crippen molar-refractivity contribution in [1.82, 2.24) is 99.0 Å². The van der Waals surface area contributed by atoms with Crippen LogP contribution in [0.25, 0.3) is 102 Å². The van der Waals surface area contributed by atoms with Crippen LogP contribution < -0.4 is 45.7 Å². The number of aromatic amines is 1. The number of hydrogen-bond donors (Lipinski definition) is 5. The first-order valence-electron chi connectivity index (χ1n) is 46.3. The van der Waals surface area contributed by atoms with E-state index < -0.39 is 21.4 Å². The maximum Gasteiger partial charge on any atom is 0.307 e. The molecule has 0 amide bonds. The van der Waals surface area contributed by atoms with E-state index in [0.717, 1.165) is 173 Å². The number of fused-ring (bicyclic) bond motifs is 5. The predicted octanol–water partition coefficient (Wildman–Crippen LogP) is 24.4. The van der Waals surface area contributed by atoms with Crippen LogP contribution in [0.3, 0.4) is 0 Å². The molecular weight excluding hydrogens is 2000 g/mol. The molecule has 0 radical (unpaired) electrons. The molecule has 0 atom stereocenters. The van der Waals surface area contributed by atoms with Crippen molar-refractivity contribution in [3.63, 3.8) is 0 Å². The molecule has 148 heavy (non-hydrogen) atoms. The molecule has 0 saturated heterocycles. The minimum atomic E-state index is -1.03. The van der Waals surface area contributed by atoms with Crippen LogP contribution in [0.1, 0.15) is 95.2 Å².